The Morgan fingerprint density at radius 2 is 1.80 bits per heavy atom. The highest BCUT2D eigenvalue weighted by molar-refractivity contribution is 8.19. The molecule has 3 aromatic rings. The van der Waals surface area contributed by atoms with Gasteiger partial charge in [0.2, 0.25) is 0 Å². The predicted octanol–water partition coefficient (Wildman–Crippen LogP) is 5.58. The molecular weight excluding hydrogens is 414 g/mol. The number of carbonyl (C=O) groups excluding carboxylic acids is 1. The van der Waals surface area contributed by atoms with E-state index in [-0.39, 0.29) is 18.6 Å². The second-order valence-electron chi connectivity index (χ2n) is 7.17. The van der Waals surface area contributed by atoms with Crippen LogP contribution in [0.25, 0.3) is 10.8 Å². The van der Waals surface area contributed by atoms with Gasteiger partial charge in [0.15, 0.2) is 18.1 Å². The van der Waals surface area contributed by atoms with Crippen molar-refractivity contribution in [1.29, 1.82) is 0 Å². The van der Waals surface area contributed by atoms with Crippen LogP contribution >= 0.6 is 23.5 Å². The summed E-state index contributed by atoms with van der Waals surface area (Å²) in [6.45, 7) is 1.93. The van der Waals surface area contributed by atoms with Gasteiger partial charge in [-0.1, -0.05) is 42.5 Å². The van der Waals surface area contributed by atoms with Gasteiger partial charge in [-0.3, -0.25) is 4.79 Å². The molecule has 3 aromatic carbocycles. The maximum absolute atomic E-state index is 12.5. The average molecular weight is 440 g/mol. The Morgan fingerprint density at radius 3 is 2.57 bits per heavy atom. The number of hydrogen-bond donors (Lipinski definition) is 1. The lowest BCUT2D eigenvalue weighted by molar-refractivity contribution is -0.123. The minimum absolute atomic E-state index is 0.0550. The Bertz CT molecular complexity index is 1030. The number of benzene rings is 3. The van der Waals surface area contributed by atoms with E-state index in [0.29, 0.717) is 16.1 Å². The number of fused-ring (bicyclic) bond motifs is 1. The molecule has 156 valence electrons. The van der Waals surface area contributed by atoms with Crippen LogP contribution in [0.3, 0.4) is 0 Å². The Labute approximate surface area is 185 Å². The summed E-state index contributed by atoms with van der Waals surface area (Å²) >= 11 is 3.89. The largest absolute Gasteiger partial charge is 0.493 e. The first-order valence-electron chi connectivity index (χ1n) is 9.96. The van der Waals surface area contributed by atoms with Crippen LogP contribution in [0.1, 0.15) is 28.7 Å². The second-order valence-corrected chi connectivity index (χ2v) is 9.89. The topological polar surface area (TPSA) is 47.6 Å². The molecule has 0 spiro atoms. The lowest BCUT2D eigenvalue weighted by Gasteiger charge is -2.17. The lowest BCUT2D eigenvalue weighted by atomic mass is 10.0. The maximum atomic E-state index is 12.5. The number of nitrogens with one attached hydrogen (secondary N) is 1. The minimum Gasteiger partial charge on any atom is -0.493 e. The highest BCUT2D eigenvalue weighted by atomic mass is 32.2. The molecule has 1 unspecified atom stereocenters. The van der Waals surface area contributed by atoms with E-state index in [0.717, 1.165) is 10.9 Å². The normalized spacial score (nSPS) is 15.1. The van der Waals surface area contributed by atoms with Crippen LogP contribution in [0.15, 0.2) is 60.7 Å². The second kappa shape index (κ2) is 9.67. The molecule has 1 saturated heterocycles. The van der Waals surface area contributed by atoms with Crippen molar-refractivity contribution in [3.05, 3.63) is 71.8 Å². The third kappa shape index (κ3) is 4.87. The molecular formula is C24H25NO3S2. The Balaban J connectivity index is 1.36. The standard InChI is InChI=1S/C24H25NO3S2/c1-16(18-8-7-17-5-3-4-6-19(17)13-18)25-23(26)15-28-21-10-9-20(14-22(21)27-2)24-29-11-12-30-24/h3-10,13-14,16,24H,11-12,15H2,1-2H3,(H,25,26). The summed E-state index contributed by atoms with van der Waals surface area (Å²) in [6.07, 6.45) is 0. The van der Waals surface area contributed by atoms with Crippen molar-refractivity contribution in [3.8, 4) is 11.5 Å². The van der Waals surface area contributed by atoms with Crippen molar-refractivity contribution >= 4 is 40.2 Å². The van der Waals surface area contributed by atoms with Gasteiger partial charge in [-0.2, -0.15) is 0 Å². The van der Waals surface area contributed by atoms with E-state index in [9.17, 15) is 4.79 Å². The Kier molecular flexibility index (Phi) is 6.75. The van der Waals surface area contributed by atoms with Crippen LogP contribution in [-0.4, -0.2) is 31.1 Å². The zero-order valence-corrected chi connectivity index (χ0v) is 18.7. The molecule has 1 heterocycles. The molecule has 1 atom stereocenters. The van der Waals surface area contributed by atoms with Crippen molar-refractivity contribution in [3.63, 3.8) is 0 Å². The van der Waals surface area contributed by atoms with Crippen LogP contribution in [-0.2, 0) is 4.79 Å². The molecule has 1 N–H and O–H groups in total. The molecule has 1 aliphatic rings. The monoisotopic (exact) mass is 439 g/mol. The third-order valence-corrected chi connectivity index (χ3v) is 8.20. The molecule has 4 nitrogen and oxygen atoms in total. The highest BCUT2D eigenvalue weighted by Gasteiger charge is 2.20. The van der Waals surface area contributed by atoms with Crippen LogP contribution in [0.4, 0.5) is 0 Å². The van der Waals surface area contributed by atoms with E-state index in [1.54, 1.807) is 7.11 Å². The molecule has 4 rings (SSSR count). The summed E-state index contributed by atoms with van der Waals surface area (Å²) < 4.78 is 11.7. The molecule has 0 radical (unpaired) electrons. The number of carbonyl (C=O) groups is 1. The van der Waals surface area contributed by atoms with Gasteiger partial charge < -0.3 is 14.8 Å². The van der Waals surface area contributed by atoms with Gasteiger partial charge in [0, 0.05) is 11.5 Å². The first-order valence-corrected chi connectivity index (χ1v) is 12.1. The first kappa shape index (κ1) is 20.9. The van der Waals surface area contributed by atoms with Gasteiger partial charge in [0.05, 0.1) is 17.7 Å². The van der Waals surface area contributed by atoms with E-state index in [1.807, 2.05) is 54.7 Å². The fraction of sp³-hybridized carbons (Fsp3) is 0.292. The van der Waals surface area contributed by atoms with Gasteiger partial charge in [0.1, 0.15) is 0 Å². The van der Waals surface area contributed by atoms with E-state index in [1.165, 1.54) is 22.5 Å². The molecule has 6 heteroatoms. The molecule has 1 amide bonds. The summed E-state index contributed by atoms with van der Waals surface area (Å²) in [5.41, 5.74) is 2.29. The highest BCUT2D eigenvalue weighted by Crippen LogP contribution is 2.46. The number of hydrogen-bond acceptors (Lipinski definition) is 5. The molecule has 1 fully saturated rings. The predicted molar refractivity (Wildman–Crippen MR) is 127 cm³/mol. The van der Waals surface area contributed by atoms with E-state index in [2.05, 4.69) is 41.7 Å². The molecule has 0 aromatic heterocycles. The van der Waals surface area contributed by atoms with Crippen LogP contribution in [0.5, 0.6) is 11.5 Å². The quantitative estimate of drug-likeness (QED) is 0.520. The number of ether oxygens (including phenoxy) is 2. The number of methoxy groups -OCH3 is 1. The fourth-order valence-electron chi connectivity index (χ4n) is 3.49. The number of rotatable bonds is 7. The van der Waals surface area contributed by atoms with Crippen molar-refractivity contribution < 1.29 is 14.3 Å². The van der Waals surface area contributed by atoms with Gasteiger partial charge in [-0.15, -0.1) is 23.5 Å². The van der Waals surface area contributed by atoms with Crippen molar-refractivity contribution in [2.75, 3.05) is 25.2 Å². The minimum atomic E-state index is -0.163. The molecule has 1 aliphatic heterocycles. The lowest BCUT2D eigenvalue weighted by Crippen LogP contribution is -2.31. The molecule has 0 aliphatic carbocycles. The number of amides is 1. The number of thioether (sulfide) groups is 2. The average Bonchev–Trinajstić information content (AvgIpc) is 3.32. The van der Waals surface area contributed by atoms with E-state index >= 15 is 0 Å². The molecule has 0 saturated carbocycles. The van der Waals surface area contributed by atoms with E-state index < -0.39 is 0 Å². The SMILES string of the molecule is COc1cc(C2SCCS2)ccc1OCC(=O)NC(C)c1ccc2ccccc2c1. The zero-order chi connectivity index (χ0) is 20.9. The van der Waals surface area contributed by atoms with Crippen LogP contribution in [0, 0.1) is 0 Å². The van der Waals surface area contributed by atoms with Gasteiger partial charge in [0.25, 0.3) is 5.91 Å². The zero-order valence-electron chi connectivity index (χ0n) is 17.1. The Hall–Kier alpha value is -2.31. The van der Waals surface area contributed by atoms with Crippen LogP contribution in [0.2, 0.25) is 0 Å². The van der Waals surface area contributed by atoms with Crippen molar-refractivity contribution in [2.45, 2.75) is 17.5 Å². The van der Waals surface area contributed by atoms with Gasteiger partial charge >= 0.3 is 0 Å². The van der Waals surface area contributed by atoms with Crippen LogP contribution < -0.4 is 14.8 Å². The first-order chi connectivity index (χ1) is 14.6. The third-order valence-electron chi connectivity index (χ3n) is 5.09. The van der Waals surface area contributed by atoms with Crippen molar-refractivity contribution in [1.82, 2.24) is 5.32 Å². The summed E-state index contributed by atoms with van der Waals surface area (Å²) in [7, 11) is 1.63. The summed E-state index contributed by atoms with van der Waals surface area (Å²) in [4.78, 5) is 12.5. The Morgan fingerprint density at radius 1 is 1.03 bits per heavy atom. The maximum Gasteiger partial charge on any atom is 0.258 e. The van der Waals surface area contributed by atoms with Gasteiger partial charge in [-0.05, 0) is 47.0 Å². The molecule has 30 heavy (non-hydrogen) atoms. The summed E-state index contributed by atoms with van der Waals surface area (Å²) in [5, 5.41) is 5.36. The van der Waals surface area contributed by atoms with Crippen molar-refractivity contribution in [2.24, 2.45) is 0 Å². The van der Waals surface area contributed by atoms with E-state index in [4.69, 9.17) is 9.47 Å². The fourth-order valence-corrected chi connectivity index (χ4v) is 6.33. The summed E-state index contributed by atoms with van der Waals surface area (Å²) in [6, 6.07) is 20.3. The summed E-state index contributed by atoms with van der Waals surface area (Å²) in [5.74, 6) is 3.43. The molecule has 0 bridgehead atoms. The smallest absolute Gasteiger partial charge is 0.258 e. The van der Waals surface area contributed by atoms with Gasteiger partial charge in [-0.25, -0.2) is 0 Å².